The Bertz CT molecular complexity index is 338. The summed E-state index contributed by atoms with van der Waals surface area (Å²) < 4.78 is 60.7. The van der Waals surface area contributed by atoms with Crippen molar-refractivity contribution in [1.29, 1.82) is 0 Å². The smallest absolute Gasteiger partial charge is 0.314 e. The van der Waals surface area contributed by atoms with Gasteiger partial charge >= 0.3 is 6.18 Å². The lowest BCUT2D eigenvalue weighted by Gasteiger charge is -2.11. The molecule has 0 amide bonds. The Morgan fingerprint density at radius 3 is 2.61 bits per heavy atom. The molecule has 1 aliphatic heterocycles. The molecule has 0 aromatic heterocycles. The molecule has 18 heavy (non-hydrogen) atoms. The van der Waals surface area contributed by atoms with Crippen LogP contribution in [0.5, 0.6) is 0 Å². The lowest BCUT2D eigenvalue weighted by molar-refractivity contribution is -0.134. The van der Waals surface area contributed by atoms with Crippen molar-refractivity contribution in [3.63, 3.8) is 0 Å². The summed E-state index contributed by atoms with van der Waals surface area (Å²) in [6.07, 6.45) is -2.95. The number of nitrogens with one attached hydrogen (secondary N) is 2. The number of halogens is 3. The Kier molecular flexibility index (Phi) is 5.87. The molecule has 0 bridgehead atoms. The van der Waals surface area contributed by atoms with Crippen molar-refractivity contribution in [2.24, 2.45) is 0 Å². The highest BCUT2D eigenvalue weighted by atomic mass is 32.2. The van der Waals surface area contributed by atoms with E-state index in [9.17, 15) is 21.6 Å². The van der Waals surface area contributed by atoms with E-state index in [0.29, 0.717) is 12.5 Å². The van der Waals surface area contributed by atoms with Crippen molar-refractivity contribution in [3.05, 3.63) is 0 Å². The summed E-state index contributed by atoms with van der Waals surface area (Å²) in [5.41, 5.74) is 0. The van der Waals surface area contributed by atoms with E-state index in [4.69, 9.17) is 0 Å². The maximum Gasteiger partial charge on any atom is 0.389 e. The van der Waals surface area contributed by atoms with Gasteiger partial charge in [-0.15, -0.1) is 0 Å². The summed E-state index contributed by atoms with van der Waals surface area (Å²) in [5.74, 6) is -0.468. The Morgan fingerprint density at radius 1 is 1.33 bits per heavy atom. The molecule has 1 unspecified atom stereocenters. The molecule has 0 radical (unpaired) electrons. The van der Waals surface area contributed by atoms with E-state index in [1.807, 2.05) is 0 Å². The van der Waals surface area contributed by atoms with Crippen LogP contribution in [0.25, 0.3) is 0 Å². The summed E-state index contributed by atoms with van der Waals surface area (Å²) in [4.78, 5) is 0. The summed E-state index contributed by atoms with van der Waals surface area (Å²) >= 11 is 0. The predicted octanol–water partition coefficient (Wildman–Crippen LogP) is 1.39. The molecule has 1 heterocycles. The van der Waals surface area contributed by atoms with E-state index >= 15 is 0 Å². The van der Waals surface area contributed by atoms with Gasteiger partial charge in [0, 0.05) is 19.0 Å². The van der Waals surface area contributed by atoms with Crippen molar-refractivity contribution < 1.29 is 21.6 Å². The second-order valence-electron chi connectivity index (χ2n) is 4.51. The highest BCUT2D eigenvalue weighted by Gasteiger charge is 2.27. The minimum Gasteiger partial charge on any atom is -0.314 e. The molecule has 4 nitrogen and oxygen atoms in total. The van der Waals surface area contributed by atoms with Crippen molar-refractivity contribution in [2.75, 3.05) is 18.8 Å². The Morgan fingerprint density at radius 2 is 2.06 bits per heavy atom. The summed E-state index contributed by atoms with van der Waals surface area (Å²) in [6.45, 7) is 1.23. The molecule has 1 saturated heterocycles. The van der Waals surface area contributed by atoms with Gasteiger partial charge in [0.2, 0.25) is 10.0 Å². The lowest BCUT2D eigenvalue weighted by Crippen LogP contribution is -2.32. The first-order valence-electron chi connectivity index (χ1n) is 6.06. The number of hydrogen-bond acceptors (Lipinski definition) is 3. The van der Waals surface area contributed by atoms with Gasteiger partial charge < -0.3 is 5.32 Å². The molecule has 0 aromatic carbocycles. The third-order valence-electron chi connectivity index (χ3n) is 2.85. The lowest BCUT2D eigenvalue weighted by atomic mass is 10.2. The number of rotatable bonds is 7. The van der Waals surface area contributed by atoms with E-state index in [2.05, 4.69) is 10.0 Å². The number of alkyl halides is 3. The zero-order chi connectivity index (χ0) is 13.6. The van der Waals surface area contributed by atoms with Crippen molar-refractivity contribution in [2.45, 2.75) is 44.3 Å². The highest BCUT2D eigenvalue weighted by molar-refractivity contribution is 7.89. The van der Waals surface area contributed by atoms with Crippen molar-refractivity contribution in [1.82, 2.24) is 10.0 Å². The molecule has 0 spiro atoms. The van der Waals surface area contributed by atoms with Gasteiger partial charge in [0.25, 0.3) is 0 Å². The van der Waals surface area contributed by atoms with Gasteiger partial charge in [-0.1, -0.05) is 0 Å². The van der Waals surface area contributed by atoms with E-state index < -0.39 is 28.4 Å². The average Bonchev–Trinajstić information content (AvgIpc) is 2.67. The van der Waals surface area contributed by atoms with Gasteiger partial charge in [-0.25, -0.2) is 13.1 Å². The largest absolute Gasteiger partial charge is 0.389 e. The second kappa shape index (κ2) is 6.72. The van der Waals surface area contributed by atoms with Crippen molar-refractivity contribution >= 4 is 10.0 Å². The van der Waals surface area contributed by atoms with Gasteiger partial charge in [-0.2, -0.15) is 13.2 Å². The Balaban J connectivity index is 2.14. The van der Waals surface area contributed by atoms with Gasteiger partial charge in [0.05, 0.1) is 5.75 Å². The van der Waals surface area contributed by atoms with E-state index in [1.54, 1.807) is 0 Å². The molecule has 0 aliphatic carbocycles. The zero-order valence-electron chi connectivity index (χ0n) is 10.1. The van der Waals surface area contributed by atoms with Crippen LogP contribution in [0.3, 0.4) is 0 Å². The van der Waals surface area contributed by atoms with Crippen LogP contribution in [-0.2, 0) is 10.0 Å². The predicted molar refractivity (Wildman–Crippen MR) is 62.7 cm³/mol. The first-order chi connectivity index (χ1) is 8.29. The minimum absolute atomic E-state index is 0.284. The zero-order valence-corrected chi connectivity index (χ0v) is 10.9. The van der Waals surface area contributed by atoms with Crippen LogP contribution in [0.4, 0.5) is 13.2 Å². The molecule has 0 saturated carbocycles. The third kappa shape index (κ3) is 7.17. The molecule has 1 atom stereocenters. The van der Waals surface area contributed by atoms with E-state index in [1.165, 1.54) is 0 Å². The van der Waals surface area contributed by atoms with Gasteiger partial charge in [0.1, 0.15) is 0 Å². The second-order valence-corrected chi connectivity index (χ2v) is 6.44. The van der Waals surface area contributed by atoms with E-state index in [-0.39, 0.29) is 13.0 Å². The van der Waals surface area contributed by atoms with Crippen LogP contribution in [-0.4, -0.2) is 39.5 Å². The molecule has 108 valence electrons. The molecule has 1 aliphatic rings. The third-order valence-corrected chi connectivity index (χ3v) is 4.32. The van der Waals surface area contributed by atoms with Gasteiger partial charge in [0.15, 0.2) is 0 Å². The molecule has 1 rings (SSSR count). The standard InChI is InChI=1S/C10H19F3N2O2S/c11-10(12,13)5-2-8-18(16,17)15-7-4-9-3-1-6-14-9/h9,14-15H,1-8H2. The van der Waals surface area contributed by atoms with Crippen LogP contribution in [0.15, 0.2) is 0 Å². The highest BCUT2D eigenvalue weighted by Crippen LogP contribution is 2.21. The van der Waals surface area contributed by atoms with Crippen LogP contribution in [0, 0.1) is 0 Å². The quantitative estimate of drug-likeness (QED) is 0.744. The monoisotopic (exact) mass is 288 g/mol. The molecule has 2 N–H and O–H groups in total. The Labute approximate surface area is 105 Å². The van der Waals surface area contributed by atoms with Crippen LogP contribution >= 0.6 is 0 Å². The van der Waals surface area contributed by atoms with E-state index in [0.717, 1.165) is 19.4 Å². The Hall–Kier alpha value is -0.340. The average molecular weight is 288 g/mol. The van der Waals surface area contributed by atoms with Crippen LogP contribution < -0.4 is 10.0 Å². The fourth-order valence-electron chi connectivity index (χ4n) is 1.93. The minimum atomic E-state index is -4.29. The molecular weight excluding hydrogens is 269 g/mol. The maximum atomic E-state index is 11.9. The molecular formula is C10H19F3N2O2S. The molecule has 0 aromatic rings. The number of hydrogen-bond donors (Lipinski definition) is 2. The summed E-state index contributed by atoms with van der Waals surface area (Å²) in [6, 6.07) is 0.322. The first kappa shape index (κ1) is 15.7. The van der Waals surface area contributed by atoms with Crippen LogP contribution in [0.2, 0.25) is 0 Å². The first-order valence-corrected chi connectivity index (χ1v) is 7.71. The summed E-state index contributed by atoms with van der Waals surface area (Å²) in [5, 5.41) is 3.22. The maximum absolute atomic E-state index is 11.9. The SMILES string of the molecule is O=S(=O)(CCCC(F)(F)F)NCCC1CCCN1. The topological polar surface area (TPSA) is 58.2 Å². The molecule has 8 heteroatoms. The fourth-order valence-corrected chi connectivity index (χ4v) is 3.02. The van der Waals surface area contributed by atoms with Crippen molar-refractivity contribution in [3.8, 4) is 0 Å². The van der Waals surface area contributed by atoms with Gasteiger partial charge in [-0.05, 0) is 32.2 Å². The van der Waals surface area contributed by atoms with Crippen LogP contribution in [0.1, 0.15) is 32.1 Å². The summed E-state index contributed by atoms with van der Waals surface area (Å²) in [7, 11) is -3.57. The van der Waals surface area contributed by atoms with Gasteiger partial charge in [-0.3, -0.25) is 0 Å². The normalized spacial score (nSPS) is 21.4. The number of sulfonamides is 1. The fraction of sp³-hybridized carbons (Fsp3) is 1.00. The molecule has 1 fully saturated rings.